The molecule has 21 heavy (non-hydrogen) atoms. The lowest BCUT2D eigenvalue weighted by atomic mass is 10.2. The Morgan fingerprint density at radius 3 is 2.67 bits per heavy atom. The standard InChI is InChI=1S/C14H12F2N2O3/c1-21-14-7-12(11(16)6-13(14)18(19)20)17-8-9-3-2-4-10(15)5-9/h2-7,17H,8H2,1H3. The molecule has 0 aliphatic heterocycles. The zero-order chi connectivity index (χ0) is 15.4. The molecule has 2 aromatic carbocycles. The van der Waals surface area contributed by atoms with Crippen LogP contribution in [0, 0.1) is 21.7 Å². The van der Waals surface area contributed by atoms with Gasteiger partial charge in [0.2, 0.25) is 0 Å². The monoisotopic (exact) mass is 294 g/mol. The van der Waals surface area contributed by atoms with Crippen LogP contribution in [0.25, 0.3) is 0 Å². The molecule has 2 aromatic rings. The van der Waals surface area contributed by atoms with Crippen LogP contribution in [0.1, 0.15) is 5.56 Å². The van der Waals surface area contributed by atoms with Gasteiger partial charge in [-0.15, -0.1) is 0 Å². The van der Waals surface area contributed by atoms with Crippen LogP contribution >= 0.6 is 0 Å². The summed E-state index contributed by atoms with van der Waals surface area (Å²) >= 11 is 0. The molecule has 0 atom stereocenters. The van der Waals surface area contributed by atoms with Crippen LogP contribution in [0.2, 0.25) is 0 Å². The smallest absolute Gasteiger partial charge is 0.313 e. The Bertz CT molecular complexity index is 677. The van der Waals surface area contributed by atoms with Crippen LogP contribution in [-0.4, -0.2) is 12.0 Å². The molecule has 0 aliphatic carbocycles. The number of hydrogen-bond donors (Lipinski definition) is 1. The molecule has 2 rings (SSSR count). The predicted octanol–water partition coefficient (Wildman–Crippen LogP) is 3.49. The van der Waals surface area contributed by atoms with Crippen molar-refractivity contribution in [2.75, 3.05) is 12.4 Å². The van der Waals surface area contributed by atoms with Crippen molar-refractivity contribution in [1.82, 2.24) is 0 Å². The number of halogens is 2. The minimum atomic E-state index is -0.779. The molecule has 0 spiro atoms. The molecule has 1 N–H and O–H groups in total. The van der Waals surface area contributed by atoms with E-state index < -0.39 is 22.2 Å². The van der Waals surface area contributed by atoms with Gasteiger partial charge in [-0.1, -0.05) is 12.1 Å². The Morgan fingerprint density at radius 2 is 2.05 bits per heavy atom. The van der Waals surface area contributed by atoms with Crippen LogP contribution in [0.4, 0.5) is 20.2 Å². The van der Waals surface area contributed by atoms with Gasteiger partial charge < -0.3 is 10.1 Å². The van der Waals surface area contributed by atoms with Crippen LogP contribution in [0.15, 0.2) is 36.4 Å². The highest BCUT2D eigenvalue weighted by Gasteiger charge is 2.19. The summed E-state index contributed by atoms with van der Waals surface area (Å²) in [6.45, 7) is 0.176. The van der Waals surface area contributed by atoms with Crippen LogP contribution < -0.4 is 10.1 Å². The topological polar surface area (TPSA) is 64.4 Å². The molecule has 0 radical (unpaired) electrons. The fraction of sp³-hybridized carbons (Fsp3) is 0.143. The SMILES string of the molecule is COc1cc(NCc2cccc(F)c2)c(F)cc1[N+](=O)[O-]. The summed E-state index contributed by atoms with van der Waals surface area (Å²) in [7, 11) is 1.26. The second-order valence-corrected chi connectivity index (χ2v) is 4.24. The molecule has 5 nitrogen and oxygen atoms in total. The van der Waals surface area contributed by atoms with Crippen molar-refractivity contribution in [2.24, 2.45) is 0 Å². The maximum Gasteiger partial charge on any atom is 0.313 e. The zero-order valence-corrected chi connectivity index (χ0v) is 11.1. The number of nitrogens with one attached hydrogen (secondary N) is 1. The number of anilines is 1. The molecule has 7 heteroatoms. The average molecular weight is 294 g/mol. The third kappa shape index (κ3) is 3.44. The first-order valence-corrected chi connectivity index (χ1v) is 6.01. The van der Waals surface area contributed by atoms with E-state index in [0.717, 1.165) is 6.07 Å². The van der Waals surface area contributed by atoms with Gasteiger partial charge in [-0.25, -0.2) is 8.78 Å². The average Bonchev–Trinajstić information content (AvgIpc) is 2.45. The van der Waals surface area contributed by atoms with Crippen molar-refractivity contribution in [3.63, 3.8) is 0 Å². The first-order chi connectivity index (χ1) is 10.0. The molecule has 0 unspecified atom stereocenters. The number of nitrogens with zero attached hydrogens (tertiary/aromatic N) is 1. The highest BCUT2D eigenvalue weighted by molar-refractivity contribution is 5.59. The molecule has 0 saturated carbocycles. The van der Waals surface area contributed by atoms with Gasteiger partial charge in [0.1, 0.15) is 5.82 Å². The molecule has 0 aromatic heterocycles. The summed E-state index contributed by atoms with van der Waals surface area (Å²) in [6.07, 6.45) is 0. The molecule has 0 heterocycles. The van der Waals surface area contributed by atoms with Crippen molar-refractivity contribution in [2.45, 2.75) is 6.54 Å². The van der Waals surface area contributed by atoms with Gasteiger partial charge in [-0.3, -0.25) is 10.1 Å². The summed E-state index contributed by atoms with van der Waals surface area (Å²) in [4.78, 5) is 10.0. The highest BCUT2D eigenvalue weighted by atomic mass is 19.1. The van der Waals surface area contributed by atoms with Crippen LogP contribution in [0.3, 0.4) is 0 Å². The normalized spacial score (nSPS) is 10.2. The summed E-state index contributed by atoms with van der Waals surface area (Å²) in [5, 5.41) is 13.5. The van der Waals surface area contributed by atoms with E-state index in [2.05, 4.69) is 5.32 Å². The van der Waals surface area contributed by atoms with E-state index in [0.29, 0.717) is 5.56 Å². The number of hydrogen-bond acceptors (Lipinski definition) is 4. The van der Waals surface area contributed by atoms with E-state index in [4.69, 9.17) is 4.74 Å². The Morgan fingerprint density at radius 1 is 1.29 bits per heavy atom. The van der Waals surface area contributed by atoms with E-state index in [-0.39, 0.29) is 18.0 Å². The lowest BCUT2D eigenvalue weighted by molar-refractivity contribution is -0.385. The quantitative estimate of drug-likeness (QED) is 0.677. The molecular formula is C14H12F2N2O3. The maximum atomic E-state index is 13.8. The van der Waals surface area contributed by atoms with Crippen molar-refractivity contribution < 1.29 is 18.4 Å². The first kappa shape index (κ1) is 14.7. The van der Waals surface area contributed by atoms with E-state index >= 15 is 0 Å². The number of nitro groups is 1. The number of rotatable bonds is 5. The van der Waals surface area contributed by atoms with Gasteiger partial charge in [0.25, 0.3) is 0 Å². The van der Waals surface area contributed by atoms with Gasteiger partial charge >= 0.3 is 5.69 Å². The lowest BCUT2D eigenvalue weighted by Crippen LogP contribution is -2.03. The van der Waals surface area contributed by atoms with Crippen molar-refractivity contribution in [3.05, 3.63) is 63.7 Å². The Balaban J connectivity index is 2.22. The minimum Gasteiger partial charge on any atom is -0.490 e. The number of benzene rings is 2. The number of methoxy groups -OCH3 is 1. The maximum absolute atomic E-state index is 13.8. The summed E-state index contributed by atoms with van der Waals surface area (Å²) in [5.41, 5.74) is 0.208. The van der Waals surface area contributed by atoms with Gasteiger partial charge in [-0.2, -0.15) is 0 Å². The molecule has 0 bridgehead atoms. The second kappa shape index (κ2) is 6.17. The highest BCUT2D eigenvalue weighted by Crippen LogP contribution is 2.32. The predicted molar refractivity (Wildman–Crippen MR) is 73.3 cm³/mol. The van der Waals surface area contributed by atoms with Gasteiger partial charge in [0, 0.05) is 12.6 Å². The summed E-state index contributed by atoms with van der Waals surface area (Å²) in [6, 6.07) is 7.82. The molecule has 0 amide bonds. The summed E-state index contributed by atoms with van der Waals surface area (Å²) in [5.74, 6) is -1.22. The Labute approximate surface area is 119 Å². The largest absolute Gasteiger partial charge is 0.490 e. The van der Waals surface area contributed by atoms with E-state index in [1.54, 1.807) is 12.1 Å². The first-order valence-electron chi connectivity index (χ1n) is 6.01. The molecule has 0 saturated heterocycles. The van der Waals surface area contributed by atoms with Crippen molar-refractivity contribution in [1.29, 1.82) is 0 Å². The van der Waals surface area contributed by atoms with Crippen LogP contribution in [-0.2, 0) is 6.54 Å². The van der Waals surface area contributed by atoms with Crippen molar-refractivity contribution >= 4 is 11.4 Å². The fourth-order valence-electron chi connectivity index (χ4n) is 1.83. The van der Waals surface area contributed by atoms with E-state index in [1.807, 2.05) is 0 Å². The molecule has 110 valence electrons. The third-order valence-electron chi connectivity index (χ3n) is 2.84. The van der Waals surface area contributed by atoms with Crippen LogP contribution in [0.5, 0.6) is 5.75 Å². The molecule has 0 fully saturated rings. The van der Waals surface area contributed by atoms with Gasteiger partial charge in [0.05, 0.1) is 23.8 Å². The third-order valence-corrected chi connectivity index (χ3v) is 2.84. The van der Waals surface area contributed by atoms with Gasteiger partial charge in [0.15, 0.2) is 11.6 Å². The lowest BCUT2D eigenvalue weighted by Gasteiger charge is -2.10. The second-order valence-electron chi connectivity index (χ2n) is 4.24. The number of ether oxygens (including phenoxy) is 1. The Kier molecular flexibility index (Phi) is 4.32. The van der Waals surface area contributed by atoms with E-state index in [1.165, 1.54) is 25.3 Å². The van der Waals surface area contributed by atoms with E-state index in [9.17, 15) is 18.9 Å². The zero-order valence-electron chi connectivity index (χ0n) is 11.1. The summed E-state index contributed by atoms with van der Waals surface area (Å²) < 4.78 is 31.7. The fourth-order valence-corrected chi connectivity index (χ4v) is 1.83. The van der Waals surface area contributed by atoms with Gasteiger partial charge in [-0.05, 0) is 17.7 Å². The minimum absolute atomic E-state index is 0.0433. The molecule has 0 aliphatic rings. The number of nitro benzene ring substituents is 1. The van der Waals surface area contributed by atoms with Crippen molar-refractivity contribution in [3.8, 4) is 5.75 Å². The Hall–Kier alpha value is -2.70. The molecular weight excluding hydrogens is 282 g/mol.